The topological polar surface area (TPSA) is 39.2 Å². The van der Waals surface area contributed by atoms with Crippen molar-refractivity contribution in [2.24, 2.45) is 0 Å². The summed E-state index contributed by atoms with van der Waals surface area (Å²) >= 11 is 7.83. The van der Waals surface area contributed by atoms with Crippen molar-refractivity contribution < 1.29 is 31.5 Å². The van der Waals surface area contributed by atoms with Gasteiger partial charge in [-0.15, -0.1) is 13.2 Å². The van der Waals surface area contributed by atoms with Crippen molar-refractivity contribution in [3.05, 3.63) is 23.0 Å². The summed E-state index contributed by atoms with van der Waals surface area (Å²) in [5.41, 5.74) is -2.38. The van der Waals surface area contributed by atoms with Crippen LogP contribution in [-0.2, 0) is 5.33 Å². The highest BCUT2D eigenvalue weighted by Gasteiger charge is 2.36. The molecule has 0 atom stereocenters. The van der Waals surface area contributed by atoms with Crippen LogP contribution in [0.2, 0.25) is 0 Å². The number of halogens is 7. The van der Waals surface area contributed by atoms with Gasteiger partial charge < -0.3 is 4.74 Å². The molecule has 106 valence electrons. The van der Waals surface area contributed by atoms with E-state index in [0.717, 1.165) is 0 Å². The number of rotatable bonds is 4. The lowest BCUT2D eigenvalue weighted by molar-refractivity contribution is -0.275. The Morgan fingerprint density at radius 2 is 2.05 bits per heavy atom. The zero-order valence-electron chi connectivity index (χ0n) is 8.77. The number of carbonyl (C=O) groups is 1. The summed E-state index contributed by atoms with van der Waals surface area (Å²) in [6, 6.07) is 0. The van der Waals surface area contributed by atoms with Gasteiger partial charge >= 0.3 is 6.36 Å². The van der Waals surface area contributed by atoms with Crippen molar-refractivity contribution in [2.45, 2.75) is 18.1 Å². The van der Waals surface area contributed by atoms with Crippen LogP contribution in [-0.4, -0.2) is 16.6 Å². The summed E-state index contributed by atoms with van der Waals surface area (Å²) in [6.45, 7) is 0. The molecule has 1 aromatic heterocycles. The van der Waals surface area contributed by atoms with E-state index in [2.05, 4.69) is 25.7 Å². The molecule has 10 heteroatoms. The fourth-order valence-corrected chi connectivity index (χ4v) is 1.83. The molecule has 0 fully saturated rings. The zero-order chi connectivity index (χ0) is 14.8. The predicted molar refractivity (Wildman–Crippen MR) is 58.7 cm³/mol. The highest BCUT2D eigenvalue weighted by atomic mass is 79.9. The van der Waals surface area contributed by atoms with Gasteiger partial charge in [-0.3, -0.25) is 9.78 Å². The lowest BCUT2D eigenvalue weighted by Gasteiger charge is -2.17. The average molecular weight is 368 g/mol. The summed E-state index contributed by atoms with van der Waals surface area (Å²) < 4.78 is 65.8. The lowest BCUT2D eigenvalue weighted by Crippen LogP contribution is -2.21. The maximum atomic E-state index is 12.8. The molecule has 3 nitrogen and oxygen atoms in total. The third-order valence-electron chi connectivity index (χ3n) is 1.92. The molecule has 0 radical (unpaired) electrons. The van der Waals surface area contributed by atoms with E-state index < -0.39 is 34.9 Å². The number of alkyl halides is 6. The van der Waals surface area contributed by atoms with E-state index in [1.165, 1.54) is 0 Å². The molecule has 0 aliphatic rings. The summed E-state index contributed by atoms with van der Waals surface area (Å²) in [7, 11) is 0. The Morgan fingerprint density at radius 3 is 2.42 bits per heavy atom. The van der Waals surface area contributed by atoms with E-state index in [1.54, 1.807) is 0 Å². The molecule has 0 saturated heterocycles. The van der Waals surface area contributed by atoms with E-state index in [0.29, 0.717) is 6.20 Å². The van der Waals surface area contributed by atoms with E-state index >= 15 is 0 Å². The second-order valence-electron chi connectivity index (χ2n) is 3.12. The number of ether oxygens (including phenoxy) is 1. The molecular weight excluding hydrogens is 364 g/mol. The molecule has 1 heterocycles. The van der Waals surface area contributed by atoms with Gasteiger partial charge in [-0.1, -0.05) is 15.9 Å². The van der Waals surface area contributed by atoms with Gasteiger partial charge in [0.15, 0.2) is 5.75 Å². The van der Waals surface area contributed by atoms with Gasteiger partial charge in [0.05, 0.1) is 16.8 Å². The van der Waals surface area contributed by atoms with Crippen molar-refractivity contribution >= 4 is 32.8 Å². The van der Waals surface area contributed by atoms with Crippen LogP contribution >= 0.6 is 27.5 Å². The minimum absolute atomic E-state index is 0.238. The lowest BCUT2D eigenvalue weighted by atomic mass is 10.1. The van der Waals surface area contributed by atoms with Crippen LogP contribution < -0.4 is 4.74 Å². The monoisotopic (exact) mass is 367 g/mol. The van der Waals surface area contributed by atoms with Crippen LogP contribution in [0.15, 0.2) is 6.20 Å². The molecular formula is C9H4BrClF5NO2. The van der Waals surface area contributed by atoms with E-state index in [1.807, 2.05) is 0 Å². The standard InChI is InChI=1S/C9H4BrClF5NO2/c10-1-4-5(8(12)13)6(19-9(14,15)16)3(2-17-4)7(11)18/h2,8H,1H2. The van der Waals surface area contributed by atoms with Crippen molar-refractivity contribution in [1.29, 1.82) is 0 Å². The predicted octanol–water partition coefficient (Wildman–Crippen LogP) is 4.19. The number of hydrogen-bond donors (Lipinski definition) is 0. The molecule has 0 unspecified atom stereocenters. The number of aromatic nitrogens is 1. The van der Waals surface area contributed by atoms with E-state index in [-0.39, 0.29) is 11.0 Å². The third kappa shape index (κ3) is 4.00. The maximum Gasteiger partial charge on any atom is 0.573 e. The molecule has 0 amide bonds. The van der Waals surface area contributed by atoms with Crippen LogP contribution in [0, 0.1) is 0 Å². The Morgan fingerprint density at radius 1 is 1.47 bits per heavy atom. The van der Waals surface area contributed by atoms with E-state index in [4.69, 9.17) is 11.6 Å². The Balaban J connectivity index is 3.53. The largest absolute Gasteiger partial charge is 0.573 e. The molecule has 1 aromatic rings. The van der Waals surface area contributed by atoms with Crippen molar-refractivity contribution in [1.82, 2.24) is 4.98 Å². The van der Waals surface area contributed by atoms with E-state index in [9.17, 15) is 26.7 Å². The van der Waals surface area contributed by atoms with Gasteiger partial charge in [-0.2, -0.15) is 0 Å². The molecule has 0 bridgehead atoms. The maximum absolute atomic E-state index is 12.8. The van der Waals surface area contributed by atoms with Gasteiger partial charge in [-0.25, -0.2) is 8.78 Å². The second kappa shape index (κ2) is 6.00. The first-order valence-electron chi connectivity index (χ1n) is 4.48. The highest BCUT2D eigenvalue weighted by Crippen LogP contribution is 2.38. The Hall–Kier alpha value is -0.960. The Labute approximate surface area is 116 Å². The van der Waals surface area contributed by atoms with Gasteiger partial charge in [0.1, 0.15) is 0 Å². The fourth-order valence-electron chi connectivity index (χ4n) is 1.24. The normalized spacial score (nSPS) is 11.8. The number of carbonyl (C=O) groups excluding carboxylic acids is 1. The van der Waals surface area contributed by atoms with Crippen molar-refractivity contribution in [3.8, 4) is 5.75 Å². The SMILES string of the molecule is O=C(Cl)c1cnc(CBr)c(C(F)F)c1OC(F)(F)F. The van der Waals surface area contributed by atoms with Crippen LogP contribution in [0.1, 0.15) is 28.0 Å². The molecule has 0 aliphatic carbocycles. The Bertz CT molecular complexity index is 494. The molecule has 19 heavy (non-hydrogen) atoms. The molecule has 0 aliphatic heterocycles. The number of pyridine rings is 1. The minimum Gasteiger partial charge on any atom is -0.404 e. The molecule has 0 spiro atoms. The van der Waals surface area contributed by atoms with Crippen LogP contribution in [0.3, 0.4) is 0 Å². The molecule has 0 N–H and O–H groups in total. The molecule has 1 rings (SSSR count). The van der Waals surface area contributed by atoms with Crippen molar-refractivity contribution in [3.63, 3.8) is 0 Å². The van der Waals surface area contributed by atoms with Crippen LogP contribution in [0.5, 0.6) is 5.75 Å². The quantitative estimate of drug-likeness (QED) is 0.454. The first kappa shape index (κ1) is 16.1. The van der Waals surface area contributed by atoms with Gasteiger partial charge in [0, 0.05) is 11.5 Å². The summed E-state index contributed by atoms with van der Waals surface area (Å²) in [4.78, 5) is 14.4. The van der Waals surface area contributed by atoms with Gasteiger partial charge in [0.2, 0.25) is 0 Å². The Kier molecular flexibility index (Phi) is 5.08. The zero-order valence-corrected chi connectivity index (χ0v) is 11.1. The minimum atomic E-state index is -5.24. The second-order valence-corrected chi connectivity index (χ2v) is 4.02. The first-order chi connectivity index (χ1) is 8.67. The smallest absolute Gasteiger partial charge is 0.404 e. The summed E-state index contributed by atoms with van der Waals surface area (Å²) in [6.07, 6.45) is -7.90. The number of nitrogens with zero attached hydrogens (tertiary/aromatic N) is 1. The first-order valence-corrected chi connectivity index (χ1v) is 5.98. The highest BCUT2D eigenvalue weighted by molar-refractivity contribution is 9.08. The fraction of sp³-hybridized carbons (Fsp3) is 0.333. The molecule has 0 aromatic carbocycles. The third-order valence-corrected chi connectivity index (χ3v) is 2.66. The van der Waals surface area contributed by atoms with Gasteiger partial charge in [0.25, 0.3) is 11.7 Å². The van der Waals surface area contributed by atoms with Crippen LogP contribution in [0.4, 0.5) is 22.0 Å². The van der Waals surface area contributed by atoms with Crippen molar-refractivity contribution in [2.75, 3.05) is 0 Å². The van der Waals surface area contributed by atoms with Crippen LogP contribution in [0.25, 0.3) is 0 Å². The van der Waals surface area contributed by atoms with Gasteiger partial charge in [-0.05, 0) is 11.6 Å². The summed E-state index contributed by atoms with van der Waals surface area (Å²) in [5, 5.41) is -1.62. The number of hydrogen-bond acceptors (Lipinski definition) is 3. The molecule has 0 saturated carbocycles. The summed E-state index contributed by atoms with van der Waals surface area (Å²) in [5.74, 6) is -1.33. The average Bonchev–Trinajstić information content (AvgIpc) is 2.25.